The van der Waals surface area contributed by atoms with Gasteiger partial charge in [-0.15, -0.1) is 0 Å². The molecule has 4 rings (SSSR count). The Morgan fingerprint density at radius 2 is 2.06 bits per heavy atom. The zero-order chi connectivity index (χ0) is 26.0. The first-order valence-corrected chi connectivity index (χ1v) is 13.6. The molecule has 2 aromatic heterocycles. The third kappa shape index (κ3) is 5.51. The van der Waals surface area contributed by atoms with Crippen molar-refractivity contribution in [3.63, 3.8) is 0 Å². The van der Waals surface area contributed by atoms with Gasteiger partial charge in [0, 0.05) is 17.3 Å². The molecule has 36 heavy (non-hydrogen) atoms. The summed E-state index contributed by atoms with van der Waals surface area (Å²) >= 11 is 10.1. The molecular formula is C23H17BrClFN4O4S2. The number of hydrogen-bond donors (Lipinski definition) is 2. The summed E-state index contributed by atoms with van der Waals surface area (Å²) in [4.78, 5) is 12.6. The van der Waals surface area contributed by atoms with Gasteiger partial charge in [0.25, 0.3) is 10.0 Å². The zero-order valence-corrected chi connectivity index (χ0v) is 22.6. The molecule has 4 aromatic rings. The van der Waals surface area contributed by atoms with Crippen molar-refractivity contribution in [3.8, 4) is 22.8 Å². The monoisotopic (exact) mass is 610 g/mol. The van der Waals surface area contributed by atoms with Gasteiger partial charge in [0.05, 0.1) is 33.5 Å². The number of aryl methyl sites for hydroxylation is 1. The molecule has 0 bridgehead atoms. The van der Waals surface area contributed by atoms with Gasteiger partial charge in [-0.3, -0.25) is 9.71 Å². The summed E-state index contributed by atoms with van der Waals surface area (Å²) in [5, 5.41) is 10.0. The Morgan fingerprint density at radius 3 is 2.75 bits per heavy atom. The number of halogens is 3. The fourth-order valence-corrected chi connectivity index (χ4v) is 6.19. The fourth-order valence-electron chi connectivity index (χ4n) is 3.18. The number of nitrogens with zero attached hydrogens (tertiary/aromatic N) is 3. The Bertz CT molecular complexity index is 1600. The summed E-state index contributed by atoms with van der Waals surface area (Å²) in [6.45, 7) is 1.59. The second-order valence-electron chi connectivity index (χ2n) is 7.35. The second kappa shape index (κ2) is 10.5. The number of aromatic hydroxyl groups is 1. The number of ether oxygens (including phenoxy) is 1. The maximum Gasteiger partial charge on any atom is 0.281 e. The number of rotatable bonds is 7. The van der Waals surface area contributed by atoms with Gasteiger partial charge in [0.15, 0.2) is 21.7 Å². The van der Waals surface area contributed by atoms with Crippen LogP contribution >= 0.6 is 38.9 Å². The lowest BCUT2D eigenvalue weighted by Gasteiger charge is -2.08. The number of phenols is 1. The van der Waals surface area contributed by atoms with Crippen molar-refractivity contribution in [1.82, 2.24) is 9.97 Å². The standard InChI is InChI=1S/C23H17BrClFN4O4S2/c1-12-8-15(27-10-14-4-3-5-18(34-2)20(14)31)11-28-22(12)36(32,33)30-23-29-19(21(24)35-23)13-6-7-16(25)17(26)9-13/h3-11,31H,1-2H3,(H,29,30)/b27-10+. The lowest BCUT2D eigenvalue weighted by molar-refractivity contribution is 0.373. The average Bonchev–Trinajstić information content (AvgIpc) is 3.19. The van der Waals surface area contributed by atoms with Crippen molar-refractivity contribution in [2.24, 2.45) is 4.99 Å². The highest BCUT2D eigenvalue weighted by Gasteiger charge is 2.22. The number of sulfonamides is 1. The van der Waals surface area contributed by atoms with Gasteiger partial charge in [0.2, 0.25) is 0 Å². The molecule has 0 saturated heterocycles. The molecule has 0 atom stereocenters. The zero-order valence-electron chi connectivity index (χ0n) is 18.7. The first kappa shape index (κ1) is 26.0. The maximum atomic E-state index is 13.9. The van der Waals surface area contributed by atoms with Crippen LogP contribution in [-0.2, 0) is 10.0 Å². The molecule has 13 heteroatoms. The minimum atomic E-state index is -4.08. The van der Waals surface area contributed by atoms with Gasteiger partial charge in [-0.05, 0) is 58.7 Å². The fraction of sp³-hybridized carbons (Fsp3) is 0.0870. The van der Waals surface area contributed by atoms with Gasteiger partial charge >= 0.3 is 0 Å². The number of hydrogen-bond acceptors (Lipinski definition) is 8. The van der Waals surface area contributed by atoms with Crippen LogP contribution in [0, 0.1) is 12.7 Å². The predicted octanol–water partition coefficient (Wildman–Crippen LogP) is 6.33. The number of phenolic OH excluding ortho intramolecular Hbond substituents is 1. The quantitative estimate of drug-likeness (QED) is 0.236. The van der Waals surface area contributed by atoms with Crippen LogP contribution < -0.4 is 9.46 Å². The summed E-state index contributed by atoms with van der Waals surface area (Å²) < 4.78 is 47.9. The van der Waals surface area contributed by atoms with Crippen LogP contribution in [0.5, 0.6) is 11.5 Å². The van der Waals surface area contributed by atoms with Crippen molar-refractivity contribution in [2.45, 2.75) is 11.9 Å². The molecule has 0 aliphatic heterocycles. The number of pyridine rings is 1. The number of thiazole rings is 1. The SMILES string of the molecule is COc1cccc(/C=N/c2cnc(S(=O)(=O)Nc3nc(-c4ccc(Cl)c(F)c4)c(Br)s3)c(C)c2)c1O. The topological polar surface area (TPSA) is 114 Å². The maximum absolute atomic E-state index is 13.9. The second-order valence-corrected chi connectivity index (χ2v) is 11.7. The summed E-state index contributed by atoms with van der Waals surface area (Å²) in [6, 6.07) is 10.7. The molecular weight excluding hydrogens is 595 g/mol. The van der Waals surface area contributed by atoms with E-state index in [1.807, 2.05) is 0 Å². The molecule has 0 radical (unpaired) electrons. The van der Waals surface area contributed by atoms with Crippen LogP contribution in [0.2, 0.25) is 5.02 Å². The normalized spacial score (nSPS) is 11.7. The Kier molecular flexibility index (Phi) is 7.59. The lowest BCUT2D eigenvalue weighted by atomic mass is 10.2. The van der Waals surface area contributed by atoms with E-state index in [4.69, 9.17) is 16.3 Å². The van der Waals surface area contributed by atoms with Crippen LogP contribution in [0.3, 0.4) is 0 Å². The lowest BCUT2D eigenvalue weighted by Crippen LogP contribution is -2.15. The molecule has 0 saturated carbocycles. The molecule has 0 aliphatic carbocycles. The van der Waals surface area contributed by atoms with Crippen molar-refractivity contribution in [3.05, 3.63) is 74.4 Å². The Hall–Kier alpha value is -3.06. The average molecular weight is 612 g/mol. The van der Waals surface area contributed by atoms with E-state index in [1.165, 1.54) is 31.7 Å². The number of nitrogens with one attached hydrogen (secondary N) is 1. The highest BCUT2D eigenvalue weighted by molar-refractivity contribution is 9.11. The van der Waals surface area contributed by atoms with E-state index in [-0.39, 0.29) is 20.9 Å². The van der Waals surface area contributed by atoms with Crippen molar-refractivity contribution in [2.75, 3.05) is 11.8 Å². The third-order valence-electron chi connectivity index (χ3n) is 4.87. The van der Waals surface area contributed by atoms with Crippen LogP contribution in [0.15, 0.2) is 62.5 Å². The summed E-state index contributed by atoms with van der Waals surface area (Å²) in [6.07, 6.45) is 2.73. The van der Waals surface area contributed by atoms with Gasteiger partial charge in [-0.25, -0.2) is 14.4 Å². The number of aromatic nitrogens is 2. The Morgan fingerprint density at radius 1 is 1.28 bits per heavy atom. The van der Waals surface area contributed by atoms with Crippen molar-refractivity contribution >= 4 is 65.9 Å². The molecule has 0 spiro atoms. The molecule has 2 N–H and O–H groups in total. The Balaban J connectivity index is 1.56. The van der Waals surface area contributed by atoms with E-state index in [1.54, 1.807) is 37.3 Å². The molecule has 0 fully saturated rings. The minimum absolute atomic E-state index is 0.0272. The third-order valence-corrected chi connectivity index (χ3v) is 8.33. The molecule has 8 nitrogen and oxygen atoms in total. The minimum Gasteiger partial charge on any atom is -0.504 e. The van der Waals surface area contributed by atoms with E-state index < -0.39 is 15.8 Å². The highest BCUT2D eigenvalue weighted by Crippen LogP contribution is 2.37. The molecule has 0 unspecified atom stereocenters. The number of methoxy groups -OCH3 is 1. The van der Waals surface area contributed by atoms with E-state index >= 15 is 0 Å². The number of aliphatic imine (C=N–C) groups is 1. The predicted molar refractivity (Wildman–Crippen MR) is 142 cm³/mol. The van der Waals surface area contributed by atoms with E-state index in [0.717, 1.165) is 11.3 Å². The van der Waals surface area contributed by atoms with Gasteiger partial charge in [-0.2, -0.15) is 8.42 Å². The number of anilines is 1. The van der Waals surface area contributed by atoms with E-state index in [2.05, 4.69) is 35.6 Å². The first-order valence-electron chi connectivity index (χ1n) is 10.1. The first-order chi connectivity index (χ1) is 17.1. The summed E-state index contributed by atoms with van der Waals surface area (Å²) in [7, 11) is -2.64. The smallest absolute Gasteiger partial charge is 0.281 e. The van der Waals surface area contributed by atoms with Crippen LogP contribution in [-0.4, -0.2) is 36.8 Å². The van der Waals surface area contributed by atoms with E-state index in [9.17, 15) is 17.9 Å². The van der Waals surface area contributed by atoms with Crippen LogP contribution in [0.4, 0.5) is 15.2 Å². The number of benzene rings is 2. The molecule has 2 aromatic carbocycles. The number of para-hydroxylation sites is 1. The van der Waals surface area contributed by atoms with Crippen molar-refractivity contribution < 1.29 is 22.7 Å². The largest absolute Gasteiger partial charge is 0.504 e. The Labute approximate surface area is 223 Å². The van der Waals surface area contributed by atoms with Gasteiger partial charge < -0.3 is 9.84 Å². The van der Waals surface area contributed by atoms with Gasteiger partial charge in [0.1, 0.15) is 5.82 Å². The summed E-state index contributed by atoms with van der Waals surface area (Å²) in [5.41, 5.74) is 1.96. The van der Waals surface area contributed by atoms with E-state index in [0.29, 0.717) is 37.6 Å². The van der Waals surface area contributed by atoms with Crippen molar-refractivity contribution in [1.29, 1.82) is 0 Å². The van der Waals surface area contributed by atoms with Gasteiger partial charge in [-0.1, -0.05) is 35.1 Å². The summed E-state index contributed by atoms with van der Waals surface area (Å²) in [5.74, 6) is -0.369. The van der Waals surface area contributed by atoms with Crippen LogP contribution in [0.25, 0.3) is 11.3 Å². The molecule has 186 valence electrons. The molecule has 0 amide bonds. The van der Waals surface area contributed by atoms with Crippen LogP contribution in [0.1, 0.15) is 11.1 Å². The highest BCUT2D eigenvalue weighted by atomic mass is 79.9. The molecule has 2 heterocycles. The molecule has 0 aliphatic rings.